The summed E-state index contributed by atoms with van der Waals surface area (Å²) in [6, 6.07) is 21.6. The molecule has 3 aromatic rings. The normalized spacial score (nSPS) is 16.2. The van der Waals surface area contributed by atoms with Crippen molar-refractivity contribution in [1.82, 2.24) is 0 Å². The van der Waals surface area contributed by atoms with Crippen molar-refractivity contribution in [3.05, 3.63) is 87.4 Å². The van der Waals surface area contributed by atoms with Crippen LogP contribution in [0.2, 0.25) is 0 Å². The minimum absolute atomic E-state index is 0.123. The van der Waals surface area contributed by atoms with Crippen LogP contribution in [0.3, 0.4) is 0 Å². The molecule has 4 rings (SSSR count). The zero-order valence-electron chi connectivity index (χ0n) is 14.6. The lowest BCUT2D eigenvalue weighted by molar-refractivity contribution is 0.176. The second-order valence-electron chi connectivity index (χ2n) is 6.79. The van der Waals surface area contributed by atoms with Crippen LogP contribution in [0.25, 0.3) is 11.1 Å². The van der Waals surface area contributed by atoms with Gasteiger partial charge in [0.05, 0.1) is 0 Å². The van der Waals surface area contributed by atoms with Crippen molar-refractivity contribution in [2.75, 3.05) is 0 Å². The first-order chi connectivity index (χ1) is 12.1. The first-order valence-corrected chi connectivity index (χ1v) is 9.53. The third kappa shape index (κ3) is 3.23. The number of fused-ring (bicyclic) bond motifs is 1. The fraction of sp³-hybridized carbons (Fsp3) is 0.217. The van der Waals surface area contributed by atoms with Crippen LogP contribution in [0.4, 0.5) is 0 Å². The first kappa shape index (κ1) is 16.4. The maximum atomic E-state index is 6.30. The standard InChI is InChI=1S/C23H21BrO/c1-15-5-3-6-16(2)23(15)19-8-4-7-17(13-19)21-11-9-18-14-20(24)10-12-22(18)25-21/h3-8,10,12-14,21H,9,11H2,1-2H3. The molecule has 0 aromatic heterocycles. The lowest BCUT2D eigenvalue weighted by Gasteiger charge is -2.27. The highest BCUT2D eigenvalue weighted by Crippen LogP contribution is 2.37. The van der Waals surface area contributed by atoms with E-state index < -0.39 is 0 Å². The van der Waals surface area contributed by atoms with Gasteiger partial charge in [-0.2, -0.15) is 0 Å². The van der Waals surface area contributed by atoms with Gasteiger partial charge in [0.25, 0.3) is 0 Å². The molecule has 1 unspecified atom stereocenters. The summed E-state index contributed by atoms with van der Waals surface area (Å²) in [7, 11) is 0. The van der Waals surface area contributed by atoms with Crippen LogP contribution in [0, 0.1) is 13.8 Å². The molecule has 1 heterocycles. The summed E-state index contributed by atoms with van der Waals surface area (Å²) >= 11 is 3.54. The summed E-state index contributed by atoms with van der Waals surface area (Å²) in [5.74, 6) is 1.01. The lowest BCUT2D eigenvalue weighted by atomic mass is 9.92. The average molecular weight is 393 g/mol. The zero-order chi connectivity index (χ0) is 17.4. The number of ether oxygens (including phenoxy) is 1. The highest BCUT2D eigenvalue weighted by molar-refractivity contribution is 9.10. The summed E-state index contributed by atoms with van der Waals surface area (Å²) in [5.41, 5.74) is 7.79. The molecule has 0 radical (unpaired) electrons. The zero-order valence-corrected chi connectivity index (χ0v) is 16.1. The Balaban J connectivity index is 1.68. The molecule has 1 aliphatic heterocycles. The number of rotatable bonds is 2. The number of hydrogen-bond donors (Lipinski definition) is 0. The Morgan fingerprint density at radius 3 is 2.48 bits per heavy atom. The molecule has 1 atom stereocenters. The molecule has 1 nitrogen and oxygen atoms in total. The summed E-state index contributed by atoms with van der Waals surface area (Å²) in [5, 5.41) is 0. The van der Waals surface area contributed by atoms with Gasteiger partial charge in [-0.15, -0.1) is 0 Å². The second-order valence-corrected chi connectivity index (χ2v) is 7.71. The number of aryl methyl sites for hydroxylation is 3. The summed E-state index contributed by atoms with van der Waals surface area (Å²) in [6.45, 7) is 4.36. The highest BCUT2D eigenvalue weighted by Gasteiger charge is 2.22. The van der Waals surface area contributed by atoms with Crippen LogP contribution >= 0.6 is 15.9 Å². The molecule has 0 fully saturated rings. The molecule has 1 aliphatic rings. The molecule has 126 valence electrons. The van der Waals surface area contributed by atoms with Crippen LogP contribution in [-0.2, 0) is 6.42 Å². The molecule has 0 saturated heterocycles. The van der Waals surface area contributed by atoms with E-state index in [1.165, 1.54) is 33.4 Å². The Kier molecular flexibility index (Phi) is 4.39. The summed E-state index contributed by atoms with van der Waals surface area (Å²) in [4.78, 5) is 0. The van der Waals surface area contributed by atoms with Gasteiger partial charge in [-0.3, -0.25) is 0 Å². The molecule has 0 aliphatic carbocycles. The largest absolute Gasteiger partial charge is 0.485 e. The van der Waals surface area contributed by atoms with Crippen LogP contribution < -0.4 is 4.74 Å². The van der Waals surface area contributed by atoms with Gasteiger partial charge >= 0.3 is 0 Å². The smallest absolute Gasteiger partial charge is 0.124 e. The van der Waals surface area contributed by atoms with Gasteiger partial charge in [-0.1, -0.05) is 52.3 Å². The minimum Gasteiger partial charge on any atom is -0.485 e. The van der Waals surface area contributed by atoms with Gasteiger partial charge in [0.15, 0.2) is 0 Å². The van der Waals surface area contributed by atoms with Crippen molar-refractivity contribution < 1.29 is 4.74 Å². The maximum Gasteiger partial charge on any atom is 0.124 e. The van der Waals surface area contributed by atoms with Crippen LogP contribution in [0.15, 0.2) is 65.1 Å². The monoisotopic (exact) mass is 392 g/mol. The van der Waals surface area contributed by atoms with E-state index in [4.69, 9.17) is 4.74 Å². The summed E-state index contributed by atoms with van der Waals surface area (Å²) in [6.07, 6.45) is 2.19. The molecule has 2 heteroatoms. The third-order valence-electron chi connectivity index (χ3n) is 5.00. The predicted molar refractivity (Wildman–Crippen MR) is 107 cm³/mol. The molecule has 3 aromatic carbocycles. The van der Waals surface area contributed by atoms with E-state index in [9.17, 15) is 0 Å². The number of hydrogen-bond acceptors (Lipinski definition) is 1. The van der Waals surface area contributed by atoms with E-state index in [-0.39, 0.29) is 6.10 Å². The van der Waals surface area contributed by atoms with Crippen molar-refractivity contribution in [3.8, 4) is 16.9 Å². The number of halogens is 1. The quantitative estimate of drug-likeness (QED) is 0.465. The van der Waals surface area contributed by atoms with E-state index in [0.29, 0.717) is 0 Å². The van der Waals surface area contributed by atoms with E-state index in [2.05, 4.69) is 84.4 Å². The topological polar surface area (TPSA) is 9.23 Å². The first-order valence-electron chi connectivity index (χ1n) is 8.73. The van der Waals surface area contributed by atoms with Crippen molar-refractivity contribution in [1.29, 1.82) is 0 Å². The average Bonchev–Trinajstić information content (AvgIpc) is 2.61. The SMILES string of the molecule is Cc1cccc(C)c1-c1cccc(C2CCc3cc(Br)ccc3O2)c1. The molecule has 0 saturated carbocycles. The van der Waals surface area contributed by atoms with Crippen molar-refractivity contribution in [2.45, 2.75) is 32.8 Å². The molecule has 0 bridgehead atoms. The molecular weight excluding hydrogens is 372 g/mol. The Bertz CT molecular complexity index is 909. The Labute approximate surface area is 157 Å². The molecule has 0 spiro atoms. The molecule has 0 N–H and O–H groups in total. The third-order valence-corrected chi connectivity index (χ3v) is 5.49. The van der Waals surface area contributed by atoms with Gasteiger partial charge in [-0.05, 0) is 84.3 Å². The lowest BCUT2D eigenvalue weighted by Crippen LogP contribution is -2.15. The summed E-state index contributed by atoms with van der Waals surface area (Å²) < 4.78 is 7.42. The maximum absolute atomic E-state index is 6.30. The van der Waals surface area contributed by atoms with Gasteiger partial charge < -0.3 is 4.74 Å². The number of benzene rings is 3. The van der Waals surface area contributed by atoms with Crippen molar-refractivity contribution in [3.63, 3.8) is 0 Å². The predicted octanol–water partition coefficient (Wildman–Crippen LogP) is 6.80. The fourth-order valence-electron chi connectivity index (χ4n) is 3.76. The minimum atomic E-state index is 0.123. The van der Waals surface area contributed by atoms with Crippen molar-refractivity contribution >= 4 is 15.9 Å². The fourth-order valence-corrected chi connectivity index (χ4v) is 4.16. The van der Waals surface area contributed by atoms with E-state index in [0.717, 1.165) is 23.1 Å². The van der Waals surface area contributed by atoms with Gasteiger partial charge in [0, 0.05) is 4.47 Å². The van der Waals surface area contributed by atoms with Crippen LogP contribution in [0.1, 0.15) is 34.8 Å². The van der Waals surface area contributed by atoms with E-state index in [1.807, 2.05) is 6.07 Å². The van der Waals surface area contributed by atoms with Crippen molar-refractivity contribution in [2.24, 2.45) is 0 Å². The van der Waals surface area contributed by atoms with Gasteiger partial charge in [-0.25, -0.2) is 0 Å². The molecule has 0 amide bonds. The van der Waals surface area contributed by atoms with E-state index >= 15 is 0 Å². The van der Waals surface area contributed by atoms with E-state index in [1.54, 1.807) is 0 Å². The highest BCUT2D eigenvalue weighted by atomic mass is 79.9. The molecular formula is C23H21BrO. The Morgan fingerprint density at radius 1 is 0.920 bits per heavy atom. The van der Waals surface area contributed by atoms with Crippen LogP contribution in [0.5, 0.6) is 5.75 Å². The molecule has 25 heavy (non-hydrogen) atoms. The van der Waals surface area contributed by atoms with Gasteiger partial charge in [0.2, 0.25) is 0 Å². The van der Waals surface area contributed by atoms with Crippen LogP contribution in [-0.4, -0.2) is 0 Å². The second kappa shape index (κ2) is 6.68. The Morgan fingerprint density at radius 2 is 1.68 bits per heavy atom. The Hall–Kier alpha value is -2.06. The van der Waals surface area contributed by atoms with Gasteiger partial charge in [0.1, 0.15) is 11.9 Å².